The number of benzene rings is 1. The average Bonchev–Trinajstić information content (AvgIpc) is 2.23. The van der Waals surface area contributed by atoms with Crippen molar-refractivity contribution in [2.75, 3.05) is 6.61 Å². The molecule has 3 heteroatoms. The van der Waals surface area contributed by atoms with Crippen LogP contribution in [0.1, 0.15) is 25.0 Å². The second-order valence-electron chi connectivity index (χ2n) is 3.67. The normalized spacial score (nSPS) is 10.1. The van der Waals surface area contributed by atoms with Crippen LogP contribution >= 0.6 is 11.8 Å². The van der Waals surface area contributed by atoms with Gasteiger partial charge in [0, 0.05) is 11.3 Å². The monoisotopic (exact) mass is 238 g/mol. The molecule has 1 rings (SSSR count). The van der Waals surface area contributed by atoms with Crippen LogP contribution < -0.4 is 0 Å². The Morgan fingerprint density at radius 3 is 2.75 bits per heavy atom. The molecule has 0 fully saturated rings. The van der Waals surface area contributed by atoms with E-state index in [1.165, 1.54) is 12.1 Å². The smallest absolute Gasteiger partial charge is 0.124 e. The van der Waals surface area contributed by atoms with E-state index in [-0.39, 0.29) is 12.4 Å². The molecule has 0 aliphatic rings. The van der Waals surface area contributed by atoms with E-state index in [1.807, 2.05) is 6.07 Å². The summed E-state index contributed by atoms with van der Waals surface area (Å²) in [5.74, 6) is 5.74. The standard InChI is InChI=1S/C13H15FOS/c1-10(2)16-9-12-6-11(4-3-5-15)7-13(14)8-12/h6-8,10,15H,5,9H2,1-2H3. The lowest BCUT2D eigenvalue weighted by Gasteiger charge is -2.05. The zero-order valence-corrected chi connectivity index (χ0v) is 10.3. The fraction of sp³-hybridized carbons (Fsp3) is 0.385. The lowest BCUT2D eigenvalue weighted by atomic mass is 10.1. The minimum absolute atomic E-state index is 0.202. The Hall–Kier alpha value is -0.980. The summed E-state index contributed by atoms with van der Waals surface area (Å²) in [5.41, 5.74) is 1.55. The Balaban J connectivity index is 2.81. The summed E-state index contributed by atoms with van der Waals surface area (Å²) in [7, 11) is 0. The first kappa shape index (κ1) is 13.1. The summed E-state index contributed by atoms with van der Waals surface area (Å²) in [6.07, 6.45) is 0. The highest BCUT2D eigenvalue weighted by Crippen LogP contribution is 2.18. The molecule has 1 nitrogen and oxygen atoms in total. The summed E-state index contributed by atoms with van der Waals surface area (Å²) in [6, 6.07) is 4.77. The third-order valence-electron chi connectivity index (χ3n) is 1.85. The summed E-state index contributed by atoms with van der Waals surface area (Å²) < 4.78 is 13.2. The van der Waals surface area contributed by atoms with Crippen molar-refractivity contribution in [3.05, 3.63) is 35.1 Å². The molecule has 0 bridgehead atoms. The summed E-state index contributed by atoms with van der Waals surface area (Å²) >= 11 is 1.76. The van der Waals surface area contributed by atoms with E-state index in [0.717, 1.165) is 11.3 Å². The molecule has 0 spiro atoms. The number of aliphatic hydroxyl groups excluding tert-OH is 1. The second-order valence-corrected chi connectivity index (χ2v) is 5.23. The maximum Gasteiger partial charge on any atom is 0.124 e. The summed E-state index contributed by atoms with van der Waals surface area (Å²) in [4.78, 5) is 0. The number of thioether (sulfide) groups is 1. The molecule has 0 radical (unpaired) electrons. The van der Waals surface area contributed by atoms with Crippen LogP contribution in [0.4, 0.5) is 4.39 Å². The Kier molecular flexibility index (Phi) is 5.37. The van der Waals surface area contributed by atoms with Crippen molar-refractivity contribution in [3.63, 3.8) is 0 Å². The van der Waals surface area contributed by atoms with Gasteiger partial charge in [0.1, 0.15) is 12.4 Å². The van der Waals surface area contributed by atoms with Gasteiger partial charge in [-0.2, -0.15) is 11.8 Å². The Morgan fingerprint density at radius 2 is 2.12 bits per heavy atom. The van der Waals surface area contributed by atoms with Crippen LogP contribution in [0.3, 0.4) is 0 Å². The molecule has 1 N–H and O–H groups in total. The maximum absolute atomic E-state index is 13.2. The average molecular weight is 238 g/mol. The third kappa shape index (κ3) is 4.69. The fourth-order valence-corrected chi connectivity index (χ4v) is 1.90. The van der Waals surface area contributed by atoms with Gasteiger partial charge in [0.2, 0.25) is 0 Å². The van der Waals surface area contributed by atoms with Crippen molar-refractivity contribution >= 4 is 11.8 Å². The van der Waals surface area contributed by atoms with Crippen molar-refractivity contribution < 1.29 is 9.50 Å². The van der Waals surface area contributed by atoms with Crippen LogP contribution in [0, 0.1) is 17.7 Å². The highest BCUT2D eigenvalue weighted by molar-refractivity contribution is 7.99. The lowest BCUT2D eigenvalue weighted by Crippen LogP contribution is -1.91. The molecule has 16 heavy (non-hydrogen) atoms. The Labute approximate surface area is 100 Å². The van der Waals surface area contributed by atoms with Crippen molar-refractivity contribution in [3.8, 4) is 11.8 Å². The van der Waals surface area contributed by atoms with Gasteiger partial charge in [0.15, 0.2) is 0 Å². The maximum atomic E-state index is 13.2. The zero-order chi connectivity index (χ0) is 12.0. The summed E-state index contributed by atoms with van der Waals surface area (Å²) in [5, 5.41) is 9.09. The fourth-order valence-electron chi connectivity index (χ4n) is 1.21. The van der Waals surface area contributed by atoms with Crippen molar-refractivity contribution in [2.45, 2.75) is 24.9 Å². The first-order valence-corrected chi connectivity index (χ1v) is 6.17. The van der Waals surface area contributed by atoms with Crippen molar-refractivity contribution in [1.82, 2.24) is 0 Å². The van der Waals surface area contributed by atoms with Gasteiger partial charge in [-0.15, -0.1) is 0 Å². The van der Waals surface area contributed by atoms with Crippen LogP contribution in [0.25, 0.3) is 0 Å². The quantitative estimate of drug-likeness (QED) is 0.817. The predicted octanol–water partition coefficient (Wildman–Crippen LogP) is 2.81. The zero-order valence-electron chi connectivity index (χ0n) is 9.46. The SMILES string of the molecule is CC(C)SCc1cc(F)cc(C#CCO)c1. The van der Waals surface area contributed by atoms with Crippen LogP contribution in [0.5, 0.6) is 0 Å². The molecule has 1 aromatic rings. The number of hydrogen-bond acceptors (Lipinski definition) is 2. The second kappa shape index (κ2) is 6.57. The van der Waals surface area contributed by atoms with Gasteiger partial charge in [-0.1, -0.05) is 25.7 Å². The topological polar surface area (TPSA) is 20.2 Å². The molecular formula is C13H15FOS. The number of hydrogen-bond donors (Lipinski definition) is 1. The molecule has 0 aliphatic heterocycles. The highest BCUT2D eigenvalue weighted by atomic mass is 32.2. The van der Waals surface area contributed by atoms with Gasteiger partial charge in [0.25, 0.3) is 0 Å². The minimum Gasteiger partial charge on any atom is -0.384 e. The predicted molar refractivity (Wildman–Crippen MR) is 66.8 cm³/mol. The van der Waals surface area contributed by atoms with Crippen molar-refractivity contribution in [1.29, 1.82) is 0 Å². The molecule has 0 atom stereocenters. The van der Waals surface area contributed by atoms with Crippen LogP contribution in [-0.4, -0.2) is 17.0 Å². The third-order valence-corrected chi connectivity index (χ3v) is 3.02. The van der Waals surface area contributed by atoms with Crippen LogP contribution in [0.15, 0.2) is 18.2 Å². The number of aliphatic hydroxyl groups is 1. The molecule has 0 amide bonds. The van der Waals surface area contributed by atoms with E-state index >= 15 is 0 Å². The van der Waals surface area contributed by atoms with Gasteiger partial charge < -0.3 is 5.11 Å². The lowest BCUT2D eigenvalue weighted by molar-refractivity contribution is 0.350. The Bertz CT molecular complexity index is 404. The largest absolute Gasteiger partial charge is 0.384 e. The molecule has 0 aromatic heterocycles. The molecule has 1 aromatic carbocycles. The molecule has 86 valence electrons. The molecule has 0 aliphatic carbocycles. The van der Waals surface area contributed by atoms with Crippen molar-refractivity contribution in [2.24, 2.45) is 0 Å². The van der Waals surface area contributed by atoms with E-state index in [0.29, 0.717) is 10.8 Å². The Morgan fingerprint density at radius 1 is 1.38 bits per heavy atom. The highest BCUT2D eigenvalue weighted by Gasteiger charge is 2.01. The molecule has 0 saturated carbocycles. The van der Waals surface area contributed by atoms with E-state index < -0.39 is 0 Å². The van der Waals surface area contributed by atoms with Gasteiger partial charge in [-0.25, -0.2) is 4.39 Å². The van der Waals surface area contributed by atoms with Crippen LogP contribution in [0.2, 0.25) is 0 Å². The van der Waals surface area contributed by atoms with E-state index in [1.54, 1.807) is 11.8 Å². The first-order valence-electron chi connectivity index (χ1n) is 5.12. The van der Waals surface area contributed by atoms with Gasteiger partial charge in [-0.05, 0) is 29.0 Å². The van der Waals surface area contributed by atoms with E-state index in [4.69, 9.17) is 5.11 Å². The van der Waals surface area contributed by atoms with E-state index in [9.17, 15) is 4.39 Å². The van der Waals surface area contributed by atoms with E-state index in [2.05, 4.69) is 25.7 Å². The molecular weight excluding hydrogens is 223 g/mol. The van der Waals surface area contributed by atoms with Gasteiger partial charge >= 0.3 is 0 Å². The first-order chi connectivity index (χ1) is 7.61. The number of rotatable bonds is 3. The van der Waals surface area contributed by atoms with Gasteiger partial charge in [-0.3, -0.25) is 0 Å². The number of halogens is 1. The van der Waals surface area contributed by atoms with Gasteiger partial charge in [0.05, 0.1) is 0 Å². The minimum atomic E-state index is -0.274. The summed E-state index contributed by atoms with van der Waals surface area (Å²) in [6.45, 7) is 4.01. The van der Waals surface area contributed by atoms with Crippen LogP contribution in [-0.2, 0) is 5.75 Å². The molecule has 0 saturated heterocycles. The molecule has 0 heterocycles. The molecule has 0 unspecified atom stereocenters.